The van der Waals surface area contributed by atoms with Crippen LogP contribution < -0.4 is 35.8 Å². The molecule has 2 aliphatic heterocycles. The fraction of sp³-hybridized carbons (Fsp3) is 0.143. The standard InChI is InChI=1S/C63H54BN3O2/c1-39-13-24-45(25-14-39)65(46-26-15-40(2)16-27-46)50-36-55-60-58(37-50)68-57-34-21-43(5)35-52(57)64(60)53-38-54(66(47-28-17-41(3)18-29-47)48-32-22-44(23-33-48)63(6,7)8)59-51-11-9-10-12-56(51)69-62(59)61(53)67(55)49-30-19-42(4)20-31-49/h9-38H,1-8H3. The van der Waals surface area contributed by atoms with Crippen molar-refractivity contribution in [3.05, 3.63) is 215 Å². The third kappa shape index (κ3) is 7.16. The highest BCUT2D eigenvalue weighted by Crippen LogP contribution is 2.52. The van der Waals surface area contributed by atoms with E-state index in [2.05, 4.69) is 252 Å². The summed E-state index contributed by atoms with van der Waals surface area (Å²) in [6, 6.07) is 66.8. The first-order chi connectivity index (χ1) is 33.4. The van der Waals surface area contributed by atoms with E-state index in [9.17, 15) is 0 Å². The number of hydrogen-bond donors (Lipinski definition) is 0. The molecular weight excluding hydrogens is 842 g/mol. The van der Waals surface area contributed by atoms with Crippen LogP contribution >= 0.6 is 0 Å². The summed E-state index contributed by atoms with van der Waals surface area (Å²) in [6.45, 7) is 17.4. The van der Waals surface area contributed by atoms with Crippen molar-refractivity contribution in [1.29, 1.82) is 0 Å². The number of anilines is 9. The Morgan fingerprint density at radius 3 is 1.61 bits per heavy atom. The third-order valence-electron chi connectivity index (χ3n) is 14.2. The van der Waals surface area contributed by atoms with E-state index >= 15 is 0 Å². The number of para-hydroxylation sites is 1. The second-order valence-electron chi connectivity index (χ2n) is 20.2. The first kappa shape index (κ1) is 42.4. The van der Waals surface area contributed by atoms with Crippen molar-refractivity contribution in [3.63, 3.8) is 0 Å². The summed E-state index contributed by atoms with van der Waals surface area (Å²) in [4.78, 5) is 7.23. The van der Waals surface area contributed by atoms with Crippen molar-refractivity contribution in [1.82, 2.24) is 0 Å². The van der Waals surface area contributed by atoms with Crippen LogP contribution in [0.4, 0.5) is 51.2 Å². The highest BCUT2D eigenvalue weighted by atomic mass is 16.5. The predicted molar refractivity (Wildman–Crippen MR) is 291 cm³/mol. The molecule has 0 spiro atoms. The molecule has 0 fully saturated rings. The lowest BCUT2D eigenvalue weighted by molar-refractivity contribution is 0.487. The molecular formula is C63H54BN3O2. The molecule has 0 N–H and O–H groups in total. The molecule has 5 nitrogen and oxygen atoms in total. The van der Waals surface area contributed by atoms with Crippen molar-refractivity contribution >= 4 is 96.2 Å². The molecule has 0 radical (unpaired) electrons. The number of hydrogen-bond acceptors (Lipinski definition) is 5. The maximum Gasteiger partial charge on any atom is 0.256 e. The Hall–Kier alpha value is -7.96. The lowest BCUT2D eigenvalue weighted by atomic mass is 9.34. The van der Waals surface area contributed by atoms with E-state index in [0.29, 0.717) is 0 Å². The van der Waals surface area contributed by atoms with Gasteiger partial charge in [-0.1, -0.05) is 140 Å². The van der Waals surface area contributed by atoms with Crippen molar-refractivity contribution < 1.29 is 9.15 Å². The lowest BCUT2D eigenvalue weighted by Crippen LogP contribution is -2.59. The van der Waals surface area contributed by atoms with Crippen LogP contribution in [-0.2, 0) is 5.41 Å². The van der Waals surface area contributed by atoms with Gasteiger partial charge in [0.2, 0.25) is 0 Å². The van der Waals surface area contributed by atoms with Crippen LogP contribution in [0.3, 0.4) is 0 Å². The van der Waals surface area contributed by atoms with E-state index in [4.69, 9.17) is 9.15 Å². The van der Waals surface area contributed by atoms with Crippen LogP contribution in [-0.4, -0.2) is 6.71 Å². The Labute approximate surface area is 405 Å². The van der Waals surface area contributed by atoms with E-state index < -0.39 is 0 Å². The zero-order valence-electron chi connectivity index (χ0n) is 40.6. The molecule has 0 amide bonds. The van der Waals surface area contributed by atoms with Gasteiger partial charge in [0.15, 0.2) is 5.58 Å². The summed E-state index contributed by atoms with van der Waals surface area (Å²) >= 11 is 0. The van der Waals surface area contributed by atoms with Crippen LogP contribution in [0.2, 0.25) is 0 Å². The maximum absolute atomic E-state index is 7.37. The Bertz CT molecular complexity index is 3560. The normalized spacial score (nSPS) is 12.7. The van der Waals surface area contributed by atoms with Crippen molar-refractivity contribution in [2.45, 2.75) is 60.8 Å². The minimum Gasteiger partial charge on any atom is -0.458 e. The van der Waals surface area contributed by atoms with E-state index in [1.807, 2.05) is 0 Å². The zero-order valence-corrected chi connectivity index (χ0v) is 40.6. The average Bonchev–Trinajstić information content (AvgIpc) is 3.74. The molecule has 12 rings (SSSR count). The van der Waals surface area contributed by atoms with Crippen LogP contribution in [0, 0.1) is 34.6 Å². The van der Waals surface area contributed by atoms with Crippen molar-refractivity contribution in [3.8, 4) is 11.5 Å². The Balaban J connectivity index is 1.21. The molecule has 0 atom stereocenters. The predicted octanol–water partition coefficient (Wildman–Crippen LogP) is 15.8. The number of ether oxygens (including phenoxy) is 1. The van der Waals surface area contributed by atoms with Gasteiger partial charge in [-0.15, -0.1) is 0 Å². The molecule has 2 aliphatic rings. The second kappa shape index (κ2) is 16.1. The molecule has 1 aromatic heterocycles. The molecule has 336 valence electrons. The monoisotopic (exact) mass is 895 g/mol. The van der Waals surface area contributed by atoms with E-state index in [0.717, 1.165) is 101 Å². The molecule has 10 aromatic rings. The third-order valence-corrected chi connectivity index (χ3v) is 14.2. The van der Waals surface area contributed by atoms with Crippen LogP contribution in [0.1, 0.15) is 54.2 Å². The largest absolute Gasteiger partial charge is 0.458 e. The molecule has 69 heavy (non-hydrogen) atoms. The number of aryl methyl sites for hydroxylation is 5. The molecule has 0 unspecified atom stereocenters. The second-order valence-corrected chi connectivity index (χ2v) is 20.2. The molecule has 9 aromatic carbocycles. The van der Waals surface area contributed by atoms with E-state index in [-0.39, 0.29) is 12.1 Å². The maximum atomic E-state index is 7.37. The van der Waals surface area contributed by atoms with Crippen LogP contribution in [0.5, 0.6) is 11.5 Å². The fourth-order valence-corrected chi connectivity index (χ4v) is 10.5. The summed E-state index contributed by atoms with van der Waals surface area (Å²) in [7, 11) is 0. The lowest BCUT2D eigenvalue weighted by Gasteiger charge is -2.41. The summed E-state index contributed by atoms with van der Waals surface area (Å²) in [5, 5.41) is 2.12. The molecule has 6 heteroatoms. The molecule has 0 aliphatic carbocycles. The molecule has 0 bridgehead atoms. The van der Waals surface area contributed by atoms with Gasteiger partial charge in [-0.05, 0) is 147 Å². The molecule has 0 saturated heterocycles. The van der Waals surface area contributed by atoms with Gasteiger partial charge in [0.25, 0.3) is 6.71 Å². The van der Waals surface area contributed by atoms with Crippen molar-refractivity contribution in [2.75, 3.05) is 14.7 Å². The van der Waals surface area contributed by atoms with Gasteiger partial charge >= 0.3 is 0 Å². The number of benzene rings is 9. The fourth-order valence-electron chi connectivity index (χ4n) is 10.5. The van der Waals surface area contributed by atoms with Gasteiger partial charge in [-0.2, -0.15) is 0 Å². The quantitative estimate of drug-likeness (QED) is 0.149. The van der Waals surface area contributed by atoms with Gasteiger partial charge in [0.05, 0.1) is 22.4 Å². The number of furan rings is 1. The summed E-state index contributed by atoms with van der Waals surface area (Å²) in [5.74, 6) is 1.68. The number of rotatable bonds is 7. The van der Waals surface area contributed by atoms with Gasteiger partial charge in [0, 0.05) is 45.6 Å². The Morgan fingerprint density at radius 1 is 0.478 bits per heavy atom. The minimum absolute atomic E-state index is 0.00332. The topological polar surface area (TPSA) is 32.1 Å². The summed E-state index contributed by atoms with van der Waals surface area (Å²) in [6.07, 6.45) is 0. The zero-order chi connectivity index (χ0) is 47.3. The van der Waals surface area contributed by atoms with Gasteiger partial charge in [-0.25, -0.2) is 0 Å². The smallest absolute Gasteiger partial charge is 0.256 e. The first-order valence-corrected chi connectivity index (χ1v) is 24.1. The highest BCUT2D eigenvalue weighted by Gasteiger charge is 2.45. The first-order valence-electron chi connectivity index (χ1n) is 24.1. The van der Waals surface area contributed by atoms with Crippen LogP contribution in [0.15, 0.2) is 186 Å². The SMILES string of the molecule is Cc1ccc(N(c2ccc(C)cc2)c2cc3c4c(c2)N(c2ccc(C)cc2)c2c(cc(N(c5ccc(C)cc5)c5ccc(C(C)(C)C)cc5)c5c2oc2ccccc25)B4c2cc(C)ccc2O3)cc1. The van der Waals surface area contributed by atoms with Gasteiger partial charge < -0.3 is 23.9 Å². The molecule has 0 saturated carbocycles. The minimum atomic E-state index is -0.198. The summed E-state index contributed by atoms with van der Waals surface area (Å²) in [5.41, 5.74) is 21.8. The van der Waals surface area contributed by atoms with Gasteiger partial charge in [-0.3, -0.25) is 0 Å². The van der Waals surface area contributed by atoms with Gasteiger partial charge in [0.1, 0.15) is 17.1 Å². The number of nitrogens with zero attached hydrogens (tertiary/aromatic N) is 3. The Kier molecular flexibility index (Phi) is 9.89. The molecule has 3 heterocycles. The average molecular weight is 896 g/mol. The van der Waals surface area contributed by atoms with Crippen LogP contribution in [0.25, 0.3) is 21.9 Å². The Morgan fingerprint density at radius 2 is 1.01 bits per heavy atom. The van der Waals surface area contributed by atoms with E-state index in [1.54, 1.807) is 0 Å². The highest BCUT2D eigenvalue weighted by molar-refractivity contribution is 6.99. The van der Waals surface area contributed by atoms with E-state index in [1.165, 1.54) is 33.4 Å². The summed E-state index contributed by atoms with van der Waals surface area (Å²) < 4.78 is 14.6. The number of fused-ring (bicyclic) bond motifs is 8. The van der Waals surface area contributed by atoms with Crippen molar-refractivity contribution in [2.24, 2.45) is 0 Å².